The van der Waals surface area contributed by atoms with Crippen LogP contribution in [0.4, 0.5) is 0 Å². The number of hydrogen-bond donors (Lipinski definition) is 2. The van der Waals surface area contributed by atoms with Crippen molar-refractivity contribution in [2.75, 3.05) is 13.6 Å². The number of imidazole rings is 1. The third-order valence-electron chi connectivity index (χ3n) is 4.22. The third kappa shape index (κ3) is 3.45. The molecule has 0 spiro atoms. The van der Waals surface area contributed by atoms with Gasteiger partial charge in [0.15, 0.2) is 0 Å². The van der Waals surface area contributed by atoms with Crippen molar-refractivity contribution in [1.82, 2.24) is 14.5 Å². The first kappa shape index (κ1) is 16.5. The molecule has 2 atom stereocenters. The minimum atomic E-state index is -0.606. The van der Waals surface area contributed by atoms with Crippen LogP contribution in [0.25, 0.3) is 11.0 Å². The minimum absolute atomic E-state index is 0.370. The molecule has 0 aliphatic heterocycles. The van der Waals surface area contributed by atoms with Crippen molar-refractivity contribution in [2.45, 2.75) is 39.5 Å². The van der Waals surface area contributed by atoms with E-state index in [0.717, 1.165) is 11.0 Å². The Labute approximate surface area is 130 Å². The number of nitrogens with zero attached hydrogens (tertiary/aromatic N) is 3. The van der Waals surface area contributed by atoms with Crippen LogP contribution in [0, 0.1) is 13.8 Å². The highest BCUT2D eigenvalue weighted by atomic mass is 16.3. The van der Waals surface area contributed by atoms with Gasteiger partial charge in [-0.3, -0.25) is 9.69 Å². The fourth-order valence-electron chi connectivity index (χ4n) is 2.45. The minimum Gasteiger partial charge on any atom is -0.390 e. The van der Waals surface area contributed by atoms with Gasteiger partial charge in [0.05, 0.1) is 36.1 Å². The summed E-state index contributed by atoms with van der Waals surface area (Å²) in [6, 6.07) is 3.73. The molecule has 0 saturated carbocycles. The van der Waals surface area contributed by atoms with Gasteiger partial charge in [0.2, 0.25) is 5.91 Å². The van der Waals surface area contributed by atoms with Gasteiger partial charge in [-0.05, 0) is 51.1 Å². The lowest BCUT2D eigenvalue weighted by atomic mass is 10.1. The smallest absolute Gasteiger partial charge is 0.234 e. The first-order valence-corrected chi connectivity index (χ1v) is 7.39. The number of rotatable bonds is 6. The SMILES string of the molecule is Cc1cc2ncn(CC(O)CN(C)[C@H](C)C(N)=O)c2cc1C. The first-order valence-electron chi connectivity index (χ1n) is 7.39. The number of likely N-dealkylation sites (N-methyl/N-ethyl adjacent to an activating group) is 1. The average Bonchev–Trinajstić information content (AvgIpc) is 2.80. The largest absolute Gasteiger partial charge is 0.390 e. The number of fused-ring (bicyclic) bond motifs is 1. The van der Waals surface area contributed by atoms with Crippen molar-refractivity contribution in [2.24, 2.45) is 5.73 Å². The first-order chi connectivity index (χ1) is 10.3. The highest BCUT2D eigenvalue weighted by molar-refractivity contribution is 5.79. The van der Waals surface area contributed by atoms with Crippen LogP contribution in [0.15, 0.2) is 18.5 Å². The molecule has 6 heteroatoms. The molecule has 1 aromatic heterocycles. The second kappa shape index (κ2) is 6.46. The Balaban J connectivity index is 2.10. The predicted octanol–water partition coefficient (Wildman–Crippen LogP) is 0.820. The molecule has 0 saturated heterocycles. The Morgan fingerprint density at radius 3 is 2.68 bits per heavy atom. The zero-order valence-electron chi connectivity index (χ0n) is 13.6. The summed E-state index contributed by atoms with van der Waals surface area (Å²) in [6.45, 7) is 6.64. The second-order valence-electron chi connectivity index (χ2n) is 5.99. The van der Waals surface area contributed by atoms with E-state index in [9.17, 15) is 9.90 Å². The van der Waals surface area contributed by atoms with E-state index in [1.54, 1.807) is 25.2 Å². The molecule has 0 aliphatic carbocycles. The van der Waals surface area contributed by atoms with Crippen LogP contribution < -0.4 is 5.73 Å². The molecule has 1 aromatic carbocycles. The summed E-state index contributed by atoms with van der Waals surface area (Å²) in [6.07, 6.45) is 1.13. The molecule has 6 nitrogen and oxygen atoms in total. The number of aryl methyl sites for hydroxylation is 2. The van der Waals surface area contributed by atoms with Crippen molar-refractivity contribution in [3.05, 3.63) is 29.6 Å². The van der Waals surface area contributed by atoms with Crippen LogP contribution in [0.2, 0.25) is 0 Å². The van der Waals surface area contributed by atoms with Gasteiger partial charge in [0, 0.05) is 6.54 Å². The number of carbonyl (C=O) groups is 1. The topological polar surface area (TPSA) is 84.4 Å². The van der Waals surface area contributed by atoms with Crippen molar-refractivity contribution in [3.8, 4) is 0 Å². The maximum absolute atomic E-state index is 11.2. The molecule has 2 rings (SSSR count). The van der Waals surface area contributed by atoms with Gasteiger partial charge in [0.25, 0.3) is 0 Å². The molecule has 3 N–H and O–H groups in total. The summed E-state index contributed by atoms with van der Waals surface area (Å²) in [5.74, 6) is -0.395. The average molecular weight is 304 g/mol. The highest BCUT2D eigenvalue weighted by Crippen LogP contribution is 2.18. The quantitative estimate of drug-likeness (QED) is 0.827. The van der Waals surface area contributed by atoms with Crippen LogP contribution in [-0.4, -0.2) is 51.2 Å². The van der Waals surface area contributed by atoms with E-state index in [4.69, 9.17) is 5.73 Å². The molecule has 1 unspecified atom stereocenters. The summed E-state index contributed by atoms with van der Waals surface area (Å²) in [4.78, 5) is 17.3. The van der Waals surface area contributed by atoms with Crippen LogP contribution >= 0.6 is 0 Å². The molecule has 0 fully saturated rings. The monoisotopic (exact) mass is 304 g/mol. The molecule has 1 heterocycles. The highest BCUT2D eigenvalue weighted by Gasteiger charge is 2.18. The number of benzene rings is 1. The van der Waals surface area contributed by atoms with E-state index >= 15 is 0 Å². The lowest BCUT2D eigenvalue weighted by Gasteiger charge is -2.25. The Morgan fingerprint density at radius 1 is 1.41 bits per heavy atom. The maximum Gasteiger partial charge on any atom is 0.234 e. The molecule has 1 amide bonds. The zero-order chi connectivity index (χ0) is 16.4. The summed E-state index contributed by atoms with van der Waals surface area (Å²) < 4.78 is 1.94. The molecule has 0 aliphatic rings. The summed E-state index contributed by atoms with van der Waals surface area (Å²) >= 11 is 0. The van der Waals surface area contributed by atoms with Gasteiger partial charge < -0.3 is 15.4 Å². The van der Waals surface area contributed by atoms with E-state index in [2.05, 4.69) is 31.0 Å². The maximum atomic E-state index is 11.2. The molecular weight excluding hydrogens is 280 g/mol. The van der Waals surface area contributed by atoms with Crippen molar-refractivity contribution >= 4 is 16.9 Å². The van der Waals surface area contributed by atoms with E-state index in [1.807, 2.05) is 4.57 Å². The van der Waals surface area contributed by atoms with E-state index in [1.165, 1.54) is 11.1 Å². The van der Waals surface area contributed by atoms with Gasteiger partial charge in [-0.2, -0.15) is 0 Å². The molecular formula is C16H24N4O2. The van der Waals surface area contributed by atoms with Gasteiger partial charge in [-0.1, -0.05) is 0 Å². The Morgan fingerprint density at radius 2 is 2.05 bits per heavy atom. The van der Waals surface area contributed by atoms with Gasteiger partial charge in [0.1, 0.15) is 0 Å². The summed E-state index contributed by atoms with van der Waals surface area (Å²) in [7, 11) is 1.78. The van der Waals surface area contributed by atoms with Crippen molar-refractivity contribution in [3.63, 3.8) is 0 Å². The lowest BCUT2D eigenvalue weighted by molar-refractivity contribution is -0.122. The van der Waals surface area contributed by atoms with Gasteiger partial charge in [-0.15, -0.1) is 0 Å². The van der Waals surface area contributed by atoms with Crippen LogP contribution in [-0.2, 0) is 11.3 Å². The standard InChI is InChI=1S/C16H24N4O2/c1-10-5-14-15(6-11(10)2)20(9-18-14)8-13(21)7-19(4)12(3)16(17)22/h5-6,9,12-13,21H,7-8H2,1-4H3,(H2,17,22)/t12-,13?/m1/s1. The number of primary amides is 1. The number of carbonyl (C=O) groups excluding carboxylic acids is 1. The Hall–Kier alpha value is -1.92. The molecule has 0 radical (unpaired) electrons. The Bertz CT molecular complexity index is 680. The fourth-order valence-corrected chi connectivity index (χ4v) is 2.45. The van der Waals surface area contributed by atoms with Crippen LogP contribution in [0.3, 0.4) is 0 Å². The molecule has 0 bridgehead atoms. The van der Waals surface area contributed by atoms with Crippen LogP contribution in [0.1, 0.15) is 18.1 Å². The molecule has 22 heavy (non-hydrogen) atoms. The zero-order valence-corrected chi connectivity index (χ0v) is 13.6. The summed E-state index contributed by atoms with van der Waals surface area (Å²) in [5, 5.41) is 10.3. The van der Waals surface area contributed by atoms with Crippen LogP contribution in [0.5, 0.6) is 0 Å². The number of nitrogens with two attached hydrogens (primary N) is 1. The van der Waals surface area contributed by atoms with Gasteiger partial charge >= 0.3 is 0 Å². The number of amides is 1. The van der Waals surface area contributed by atoms with Crippen molar-refractivity contribution < 1.29 is 9.90 Å². The van der Waals surface area contributed by atoms with Crippen molar-refractivity contribution in [1.29, 1.82) is 0 Å². The van der Waals surface area contributed by atoms with E-state index in [-0.39, 0.29) is 0 Å². The van der Waals surface area contributed by atoms with E-state index < -0.39 is 18.1 Å². The summed E-state index contributed by atoms with van der Waals surface area (Å²) in [5.41, 5.74) is 9.61. The van der Waals surface area contributed by atoms with Gasteiger partial charge in [-0.25, -0.2) is 4.98 Å². The number of aliphatic hydroxyl groups is 1. The Kier molecular flexibility index (Phi) is 4.83. The molecule has 120 valence electrons. The second-order valence-corrected chi connectivity index (χ2v) is 5.99. The number of aliphatic hydroxyl groups excluding tert-OH is 1. The lowest BCUT2D eigenvalue weighted by Crippen LogP contribution is -2.44. The molecule has 2 aromatic rings. The predicted molar refractivity (Wildman–Crippen MR) is 86.5 cm³/mol. The fraction of sp³-hybridized carbons (Fsp3) is 0.500. The normalized spacial score (nSPS) is 14.5. The number of hydrogen-bond acceptors (Lipinski definition) is 4. The number of aromatic nitrogens is 2. The third-order valence-corrected chi connectivity index (χ3v) is 4.22. The van der Waals surface area contributed by atoms with E-state index in [0.29, 0.717) is 13.1 Å².